The van der Waals surface area contributed by atoms with Crippen LogP contribution in [0, 0.1) is 6.92 Å². The molecule has 0 radical (unpaired) electrons. The predicted molar refractivity (Wildman–Crippen MR) is 126 cm³/mol. The molecule has 31 heavy (non-hydrogen) atoms. The van der Waals surface area contributed by atoms with Crippen LogP contribution in [0.15, 0.2) is 82.7 Å². The van der Waals surface area contributed by atoms with Crippen LogP contribution >= 0.6 is 11.8 Å². The second-order valence-electron chi connectivity index (χ2n) is 7.03. The summed E-state index contributed by atoms with van der Waals surface area (Å²) < 4.78 is 0. The second kappa shape index (κ2) is 9.49. The summed E-state index contributed by atoms with van der Waals surface area (Å²) in [6, 6.07) is 23.9. The molecule has 0 saturated heterocycles. The number of H-pyrrole nitrogens is 1. The summed E-state index contributed by atoms with van der Waals surface area (Å²) in [5.41, 5.74) is 4.62. The van der Waals surface area contributed by atoms with Crippen molar-refractivity contribution in [3.63, 3.8) is 0 Å². The standard InChI is InChI=1S/C24H23N5OS/c1-3-23(30)26-18-9-11-20(12-10-18)31-24-15-19(25-22-13-16(2)28-29-22)14-21(27-24)17-7-5-4-6-8-17/h4-15H,3H2,1-2H3,(H,26,30)(H2,25,27,28,29). The Kier molecular flexibility index (Phi) is 6.33. The topological polar surface area (TPSA) is 82.7 Å². The highest BCUT2D eigenvalue weighted by molar-refractivity contribution is 7.99. The van der Waals surface area contributed by atoms with Crippen molar-refractivity contribution in [2.45, 2.75) is 30.2 Å². The largest absolute Gasteiger partial charge is 0.339 e. The van der Waals surface area contributed by atoms with E-state index in [0.717, 1.165) is 44.1 Å². The molecule has 0 bridgehead atoms. The molecule has 3 N–H and O–H groups in total. The number of aromatic amines is 1. The first-order chi connectivity index (χ1) is 15.1. The van der Waals surface area contributed by atoms with Crippen molar-refractivity contribution in [3.8, 4) is 11.3 Å². The molecule has 4 rings (SSSR count). The molecule has 2 aromatic carbocycles. The van der Waals surface area contributed by atoms with E-state index < -0.39 is 0 Å². The highest BCUT2D eigenvalue weighted by Crippen LogP contribution is 2.32. The van der Waals surface area contributed by atoms with Gasteiger partial charge in [-0.1, -0.05) is 49.0 Å². The van der Waals surface area contributed by atoms with Gasteiger partial charge in [-0.25, -0.2) is 4.98 Å². The number of aryl methyl sites for hydroxylation is 1. The Labute approximate surface area is 185 Å². The van der Waals surface area contributed by atoms with Crippen molar-refractivity contribution < 1.29 is 4.79 Å². The summed E-state index contributed by atoms with van der Waals surface area (Å²) in [5.74, 6) is 0.761. The number of rotatable bonds is 7. The van der Waals surface area contributed by atoms with E-state index in [4.69, 9.17) is 4.98 Å². The molecule has 0 spiro atoms. The average Bonchev–Trinajstić information content (AvgIpc) is 3.20. The van der Waals surface area contributed by atoms with Gasteiger partial charge in [-0.15, -0.1) is 0 Å². The molecule has 4 aromatic rings. The molecule has 1 amide bonds. The van der Waals surface area contributed by atoms with Gasteiger partial charge in [0.05, 0.1) is 5.69 Å². The van der Waals surface area contributed by atoms with Crippen LogP contribution in [-0.4, -0.2) is 21.1 Å². The average molecular weight is 430 g/mol. The van der Waals surface area contributed by atoms with E-state index in [1.165, 1.54) is 0 Å². The van der Waals surface area contributed by atoms with E-state index in [-0.39, 0.29) is 5.91 Å². The fourth-order valence-electron chi connectivity index (χ4n) is 2.99. The minimum atomic E-state index is 0.00181. The number of hydrogen-bond donors (Lipinski definition) is 3. The predicted octanol–water partition coefficient (Wildman–Crippen LogP) is 6.02. The summed E-state index contributed by atoms with van der Waals surface area (Å²) in [6.07, 6.45) is 0.456. The van der Waals surface area contributed by atoms with Crippen molar-refractivity contribution in [1.29, 1.82) is 0 Å². The molecule has 0 fully saturated rings. The monoisotopic (exact) mass is 429 g/mol. The first-order valence-electron chi connectivity index (χ1n) is 10.0. The molecule has 0 unspecified atom stereocenters. The van der Waals surface area contributed by atoms with Gasteiger partial charge in [-0.05, 0) is 43.3 Å². The normalized spacial score (nSPS) is 10.6. The van der Waals surface area contributed by atoms with Crippen molar-refractivity contribution >= 4 is 34.9 Å². The molecule has 7 heteroatoms. The van der Waals surface area contributed by atoms with Gasteiger partial charge in [0.1, 0.15) is 5.03 Å². The molecular weight excluding hydrogens is 406 g/mol. The number of nitrogens with one attached hydrogen (secondary N) is 3. The summed E-state index contributed by atoms with van der Waals surface area (Å²) >= 11 is 1.57. The highest BCUT2D eigenvalue weighted by atomic mass is 32.2. The summed E-state index contributed by atoms with van der Waals surface area (Å²) in [4.78, 5) is 17.5. The maximum Gasteiger partial charge on any atom is 0.224 e. The molecule has 0 aliphatic carbocycles. The number of anilines is 3. The van der Waals surface area contributed by atoms with Crippen LogP contribution in [0.2, 0.25) is 0 Å². The second-order valence-corrected chi connectivity index (χ2v) is 8.13. The lowest BCUT2D eigenvalue weighted by atomic mass is 10.1. The van der Waals surface area contributed by atoms with Gasteiger partial charge in [-0.2, -0.15) is 5.10 Å². The fourth-order valence-corrected chi connectivity index (χ4v) is 3.84. The number of amides is 1. The van der Waals surface area contributed by atoms with Crippen LogP contribution in [0.25, 0.3) is 11.3 Å². The van der Waals surface area contributed by atoms with Crippen LogP contribution < -0.4 is 10.6 Å². The smallest absolute Gasteiger partial charge is 0.224 e. The molecule has 0 saturated carbocycles. The zero-order valence-electron chi connectivity index (χ0n) is 17.3. The third kappa shape index (κ3) is 5.52. The van der Waals surface area contributed by atoms with Gasteiger partial charge in [0, 0.05) is 40.0 Å². The first kappa shape index (κ1) is 20.7. The quantitative estimate of drug-likeness (QED) is 0.334. The van der Waals surface area contributed by atoms with Crippen LogP contribution in [0.3, 0.4) is 0 Å². The maximum absolute atomic E-state index is 11.6. The Morgan fingerprint density at radius 2 is 1.77 bits per heavy atom. The summed E-state index contributed by atoms with van der Waals surface area (Å²) in [7, 11) is 0. The maximum atomic E-state index is 11.6. The van der Waals surface area contributed by atoms with E-state index in [9.17, 15) is 4.79 Å². The minimum Gasteiger partial charge on any atom is -0.339 e. The van der Waals surface area contributed by atoms with Crippen LogP contribution in [0.1, 0.15) is 19.0 Å². The number of hydrogen-bond acceptors (Lipinski definition) is 5. The lowest BCUT2D eigenvalue weighted by molar-refractivity contribution is -0.115. The van der Waals surface area contributed by atoms with Gasteiger partial charge in [-0.3, -0.25) is 9.89 Å². The van der Waals surface area contributed by atoms with E-state index in [2.05, 4.69) is 20.8 Å². The Hall–Kier alpha value is -3.58. The van der Waals surface area contributed by atoms with Crippen molar-refractivity contribution in [2.24, 2.45) is 0 Å². The van der Waals surface area contributed by atoms with Gasteiger partial charge in [0.25, 0.3) is 0 Å². The summed E-state index contributed by atoms with van der Waals surface area (Å²) in [6.45, 7) is 3.80. The minimum absolute atomic E-state index is 0.00181. The van der Waals surface area contributed by atoms with Crippen LogP contribution in [0.5, 0.6) is 0 Å². The van der Waals surface area contributed by atoms with E-state index in [0.29, 0.717) is 6.42 Å². The number of nitrogens with zero attached hydrogens (tertiary/aromatic N) is 2. The molecule has 2 heterocycles. The molecule has 0 atom stereocenters. The third-order valence-electron chi connectivity index (χ3n) is 4.53. The van der Waals surface area contributed by atoms with E-state index in [1.807, 2.05) is 86.6 Å². The van der Waals surface area contributed by atoms with E-state index in [1.54, 1.807) is 11.8 Å². The molecular formula is C24H23N5OS. The highest BCUT2D eigenvalue weighted by Gasteiger charge is 2.09. The zero-order chi connectivity index (χ0) is 21.6. The molecule has 0 aliphatic rings. The Morgan fingerprint density at radius 3 is 2.45 bits per heavy atom. The zero-order valence-corrected chi connectivity index (χ0v) is 18.2. The van der Waals surface area contributed by atoms with Crippen molar-refractivity contribution in [3.05, 3.63) is 78.5 Å². The van der Waals surface area contributed by atoms with Gasteiger partial charge in [0.2, 0.25) is 5.91 Å². The number of aromatic nitrogens is 3. The molecule has 156 valence electrons. The Balaban J connectivity index is 1.61. The van der Waals surface area contributed by atoms with Gasteiger partial charge >= 0.3 is 0 Å². The van der Waals surface area contributed by atoms with Crippen LogP contribution in [-0.2, 0) is 4.79 Å². The van der Waals surface area contributed by atoms with Gasteiger partial charge in [0.15, 0.2) is 5.82 Å². The lowest BCUT2D eigenvalue weighted by Gasteiger charge is -2.10. The third-order valence-corrected chi connectivity index (χ3v) is 5.46. The number of benzene rings is 2. The molecule has 2 aromatic heterocycles. The Morgan fingerprint density at radius 1 is 1.00 bits per heavy atom. The number of carbonyl (C=O) groups is 1. The number of carbonyl (C=O) groups excluding carboxylic acids is 1. The lowest BCUT2D eigenvalue weighted by Crippen LogP contribution is -2.08. The number of pyridine rings is 1. The molecule has 6 nitrogen and oxygen atoms in total. The summed E-state index contributed by atoms with van der Waals surface area (Å²) in [5, 5.41) is 14.3. The first-order valence-corrected chi connectivity index (χ1v) is 10.8. The van der Waals surface area contributed by atoms with Gasteiger partial charge < -0.3 is 10.6 Å². The van der Waals surface area contributed by atoms with Crippen molar-refractivity contribution in [2.75, 3.05) is 10.6 Å². The van der Waals surface area contributed by atoms with Crippen molar-refractivity contribution in [1.82, 2.24) is 15.2 Å². The molecule has 0 aliphatic heterocycles. The SMILES string of the molecule is CCC(=O)Nc1ccc(Sc2cc(Nc3cc(C)[nH]n3)cc(-c3ccccc3)n2)cc1. The van der Waals surface area contributed by atoms with E-state index >= 15 is 0 Å². The Bertz CT molecular complexity index is 1170. The fraction of sp³-hybridized carbons (Fsp3) is 0.125. The van der Waals surface area contributed by atoms with Crippen LogP contribution in [0.4, 0.5) is 17.2 Å².